The molecule has 0 spiro atoms. The quantitative estimate of drug-likeness (QED) is 0.576. The first-order chi connectivity index (χ1) is 13.4. The lowest BCUT2D eigenvalue weighted by Gasteiger charge is -2.32. The summed E-state index contributed by atoms with van der Waals surface area (Å²) in [4.78, 5) is 2.69. The second-order valence-electron chi connectivity index (χ2n) is 7.44. The number of benzene rings is 3. The summed E-state index contributed by atoms with van der Waals surface area (Å²) in [5, 5.41) is 4.50. The van der Waals surface area contributed by atoms with Gasteiger partial charge in [0.1, 0.15) is 23.2 Å². The molecule has 27 heavy (non-hydrogen) atoms. The van der Waals surface area contributed by atoms with Crippen molar-refractivity contribution in [1.82, 2.24) is 4.90 Å². The van der Waals surface area contributed by atoms with Crippen LogP contribution < -0.4 is 15.9 Å². The first kappa shape index (κ1) is 18.4. The molecule has 3 aromatic rings. The van der Waals surface area contributed by atoms with Gasteiger partial charge in [0, 0.05) is 6.54 Å². The van der Waals surface area contributed by atoms with E-state index in [9.17, 15) is 0 Å². The first-order valence-electron chi connectivity index (χ1n) is 10.2. The van der Waals surface area contributed by atoms with Gasteiger partial charge < -0.3 is 0 Å². The van der Waals surface area contributed by atoms with E-state index in [0.717, 1.165) is 0 Å². The summed E-state index contributed by atoms with van der Waals surface area (Å²) in [7, 11) is -1.66. The van der Waals surface area contributed by atoms with Crippen molar-refractivity contribution >= 4 is 23.2 Å². The highest BCUT2D eigenvalue weighted by atomic mass is 31.2. The molecule has 4 rings (SSSR count). The molecular formula is C25H29NP+. The monoisotopic (exact) mass is 374 g/mol. The van der Waals surface area contributed by atoms with Crippen LogP contribution in [0.25, 0.3) is 0 Å². The minimum atomic E-state index is -1.66. The molecule has 0 bridgehead atoms. The van der Waals surface area contributed by atoms with Gasteiger partial charge in [-0.25, -0.2) is 0 Å². The summed E-state index contributed by atoms with van der Waals surface area (Å²) in [5.74, 6) is 0. The standard InChI is InChI=1S/C25H29NP/c1-5-13-23(14-6-1)27(24-15-7-2-8-16-24,25-17-9-3-10-18-25)22-21-26-19-11-4-12-20-26/h1-3,5-10,13-18H,4,11-12,19-22H2/q+1. The summed E-state index contributed by atoms with van der Waals surface area (Å²) >= 11 is 0. The van der Waals surface area contributed by atoms with Crippen LogP contribution in [0.15, 0.2) is 91.0 Å². The maximum atomic E-state index is 2.69. The molecule has 1 aliphatic rings. The molecule has 1 aliphatic heterocycles. The zero-order valence-corrected chi connectivity index (χ0v) is 16.9. The minimum Gasteiger partial charge on any atom is -0.300 e. The SMILES string of the molecule is c1ccc([P+](CCN2CCCCC2)(c2ccccc2)c2ccccc2)cc1. The van der Waals surface area contributed by atoms with Crippen LogP contribution in [0.3, 0.4) is 0 Å². The fourth-order valence-electron chi connectivity index (χ4n) is 4.36. The van der Waals surface area contributed by atoms with E-state index in [1.165, 1.54) is 61.0 Å². The van der Waals surface area contributed by atoms with Crippen LogP contribution in [-0.2, 0) is 0 Å². The van der Waals surface area contributed by atoms with E-state index in [1.54, 1.807) is 0 Å². The molecule has 3 aromatic carbocycles. The highest BCUT2D eigenvalue weighted by Crippen LogP contribution is 2.55. The second kappa shape index (κ2) is 8.83. The molecular weight excluding hydrogens is 345 g/mol. The minimum absolute atomic E-state index is 1.19. The van der Waals surface area contributed by atoms with Crippen LogP contribution in [0, 0.1) is 0 Å². The lowest BCUT2D eigenvalue weighted by molar-refractivity contribution is 0.241. The predicted molar refractivity (Wildman–Crippen MR) is 120 cm³/mol. The Hall–Kier alpha value is -1.95. The molecule has 1 nitrogen and oxygen atoms in total. The zero-order valence-electron chi connectivity index (χ0n) is 16.0. The maximum absolute atomic E-state index is 2.69. The highest BCUT2D eigenvalue weighted by molar-refractivity contribution is 7.95. The van der Waals surface area contributed by atoms with Crippen molar-refractivity contribution in [2.24, 2.45) is 0 Å². The van der Waals surface area contributed by atoms with Crippen LogP contribution in [-0.4, -0.2) is 30.7 Å². The summed E-state index contributed by atoms with van der Waals surface area (Å²) in [6.45, 7) is 3.71. The van der Waals surface area contributed by atoms with Crippen LogP contribution in [0.5, 0.6) is 0 Å². The van der Waals surface area contributed by atoms with Gasteiger partial charge in [-0.15, -0.1) is 0 Å². The Morgan fingerprint density at radius 1 is 0.556 bits per heavy atom. The molecule has 1 saturated heterocycles. The van der Waals surface area contributed by atoms with Gasteiger partial charge in [0.25, 0.3) is 0 Å². The fourth-order valence-corrected chi connectivity index (χ4v) is 8.65. The molecule has 0 unspecified atom stereocenters. The molecule has 0 radical (unpaired) electrons. The van der Waals surface area contributed by atoms with E-state index in [0.29, 0.717) is 0 Å². The fraction of sp³-hybridized carbons (Fsp3) is 0.280. The molecule has 0 atom stereocenters. The van der Waals surface area contributed by atoms with Gasteiger partial charge in [0.2, 0.25) is 0 Å². The van der Waals surface area contributed by atoms with Crippen molar-refractivity contribution in [1.29, 1.82) is 0 Å². The summed E-state index contributed by atoms with van der Waals surface area (Å²) in [5.41, 5.74) is 0. The topological polar surface area (TPSA) is 3.24 Å². The summed E-state index contributed by atoms with van der Waals surface area (Å²) in [6.07, 6.45) is 5.32. The third kappa shape index (κ3) is 4.00. The van der Waals surface area contributed by atoms with E-state index in [2.05, 4.69) is 95.9 Å². The number of rotatable bonds is 6. The van der Waals surface area contributed by atoms with E-state index in [1.807, 2.05) is 0 Å². The van der Waals surface area contributed by atoms with Crippen LogP contribution in [0.4, 0.5) is 0 Å². The van der Waals surface area contributed by atoms with Crippen molar-refractivity contribution in [3.05, 3.63) is 91.0 Å². The molecule has 0 amide bonds. The molecule has 1 fully saturated rings. The maximum Gasteiger partial charge on any atom is 0.113 e. The Bertz CT molecular complexity index is 714. The van der Waals surface area contributed by atoms with Crippen molar-refractivity contribution in [2.75, 3.05) is 25.8 Å². The van der Waals surface area contributed by atoms with Gasteiger partial charge in [0.15, 0.2) is 0 Å². The van der Waals surface area contributed by atoms with Crippen LogP contribution >= 0.6 is 7.26 Å². The number of piperidine rings is 1. The van der Waals surface area contributed by atoms with Crippen molar-refractivity contribution in [3.8, 4) is 0 Å². The Morgan fingerprint density at radius 3 is 1.37 bits per heavy atom. The van der Waals surface area contributed by atoms with E-state index < -0.39 is 7.26 Å². The van der Waals surface area contributed by atoms with Gasteiger partial charge in [-0.2, -0.15) is 0 Å². The Labute approximate surface area is 164 Å². The van der Waals surface area contributed by atoms with Crippen LogP contribution in [0.2, 0.25) is 0 Å². The molecule has 2 heteroatoms. The highest BCUT2D eigenvalue weighted by Gasteiger charge is 2.45. The lowest BCUT2D eigenvalue weighted by atomic mass is 10.1. The second-order valence-corrected chi connectivity index (χ2v) is 11.1. The third-order valence-corrected chi connectivity index (χ3v) is 10.2. The van der Waals surface area contributed by atoms with E-state index in [-0.39, 0.29) is 0 Å². The number of hydrogen-bond donors (Lipinski definition) is 0. The average Bonchev–Trinajstić information content (AvgIpc) is 2.77. The molecule has 138 valence electrons. The number of hydrogen-bond acceptors (Lipinski definition) is 1. The largest absolute Gasteiger partial charge is 0.300 e. The zero-order chi connectivity index (χ0) is 18.4. The van der Waals surface area contributed by atoms with Gasteiger partial charge in [0.05, 0.1) is 6.16 Å². The first-order valence-corrected chi connectivity index (χ1v) is 12.1. The van der Waals surface area contributed by atoms with Gasteiger partial charge in [-0.05, 0) is 62.3 Å². The average molecular weight is 374 g/mol. The van der Waals surface area contributed by atoms with Gasteiger partial charge in [-0.3, -0.25) is 4.90 Å². The van der Waals surface area contributed by atoms with Gasteiger partial charge in [-0.1, -0.05) is 61.0 Å². The predicted octanol–water partition coefficient (Wildman–Crippen LogP) is 4.47. The molecule has 0 saturated carbocycles. The molecule has 0 aliphatic carbocycles. The molecule has 0 aromatic heterocycles. The van der Waals surface area contributed by atoms with E-state index >= 15 is 0 Å². The summed E-state index contributed by atoms with van der Waals surface area (Å²) < 4.78 is 0. The lowest BCUT2D eigenvalue weighted by Crippen LogP contribution is -2.39. The van der Waals surface area contributed by atoms with Crippen molar-refractivity contribution in [2.45, 2.75) is 19.3 Å². The van der Waals surface area contributed by atoms with Crippen LogP contribution in [0.1, 0.15) is 19.3 Å². The van der Waals surface area contributed by atoms with Crippen molar-refractivity contribution < 1.29 is 0 Å². The molecule has 1 heterocycles. The van der Waals surface area contributed by atoms with E-state index in [4.69, 9.17) is 0 Å². The normalized spacial score (nSPS) is 15.6. The van der Waals surface area contributed by atoms with Gasteiger partial charge >= 0.3 is 0 Å². The number of nitrogens with zero attached hydrogens (tertiary/aromatic N) is 1. The van der Waals surface area contributed by atoms with Crippen molar-refractivity contribution in [3.63, 3.8) is 0 Å². The Balaban J connectivity index is 1.81. The smallest absolute Gasteiger partial charge is 0.113 e. The molecule has 0 N–H and O–H groups in total. The third-order valence-electron chi connectivity index (χ3n) is 5.79. The Morgan fingerprint density at radius 2 is 0.963 bits per heavy atom. The summed E-state index contributed by atoms with van der Waals surface area (Å²) in [6, 6.07) is 33.8. The Kier molecular flexibility index (Phi) is 6.02. The number of likely N-dealkylation sites (tertiary alicyclic amines) is 1.